The average Bonchev–Trinajstić information content (AvgIpc) is 3.00. The molecule has 1 amide bonds. The number of hydrogen-bond donors (Lipinski definition) is 1. The first-order chi connectivity index (χ1) is 15.5. The summed E-state index contributed by atoms with van der Waals surface area (Å²) in [5.41, 5.74) is -0.334. The third-order valence-electron chi connectivity index (χ3n) is 6.23. The fraction of sp³-hybridized carbons (Fsp3) is 0.280. The van der Waals surface area contributed by atoms with Crippen LogP contribution in [0.2, 0.25) is 0 Å². The highest BCUT2D eigenvalue weighted by atomic mass is 79.9. The Hall–Kier alpha value is -2.58. The summed E-state index contributed by atoms with van der Waals surface area (Å²) in [6.45, 7) is 3.00. The average molecular weight is 495 g/mol. The van der Waals surface area contributed by atoms with Crippen molar-refractivity contribution in [3.63, 3.8) is 0 Å². The van der Waals surface area contributed by atoms with Crippen molar-refractivity contribution >= 4 is 44.1 Å². The Morgan fingerprint density at radius 2 is 1.78 bits per heavy atom. The van der Waals surface area contributed by atoms with E-state index in [0.717, 1.165) is 15.2 Å². The van der Waals surface area contributed by atoms with Crippen molar-refractivity contribution in [3.8, 4) is 0 Å². The molecule has 0 spiro atoms. The molecular weight excluding hydrogens is 472 g/mol. The van der Waals surface area contributed by atoms with Crippen molar-refractivity contribution in [2.45, 2.75) is 12.0 Å². The van der Waals surface area contributed by atoms with Crippen LogP contribution in [0, 0.1) is 0 Å². The van der Waals surface area contributed by atoms with Gasteiger partial charge in [-0.1, -0.05) is 52.3 Å². The van der Waals surface area contributed by atoms with Crippen molar-refractivity contribution in [2.24, 2.45) is 0 Å². The number of aliphatic hydroxyl groups is 1. The topological polar surface area (TPSA) is 70.1 Å². The summed E-state index contributed by atoms with van der Waals surface area (Å²) in [5.74, 6) is -0.739. The van der Waals surface area contributed by atoms with E-state index in [1.54, 1.807) is 17.0 Å². The molecule has 164 valence electrons. The number of rotatable bonds is 5. The molecule has 1 fully saturated rings. The first kappa shape index (κ1) is 21.3. The maximum atomic E-state index is 13.5. The molecule has 1 atom stereocenters. The van der Waals surface area contributed by atoms with E-state index in [0.29, 0.717) is 49.8 Å². The zero-order chi connectivity index (χ0) is 22.3. The van der Waals surface area contributed by atoms with Crippen molar-refractivity contribution in [1.82, 2.24) is 4.90 Å². The van der Waals surface area contributed by atoms with Gasteiger partial charge in [-0.05, 0) is 35.0 Å². The Bertz CT molecular complexity index is 1210. The molecule has 6 nitrogen and oxygen atoms in total. The molecule has 0 radical (unpaired) electrons. The molecule has 5 rings (SSSR count). The minimum absolute atomic E-state index is 0.272. The Morgan fingerprint density at radius 3 is 2.56 bits per heavy atom. The summed E-state index contributed by atoms with van der Waals surface area (Å²) in [6, 6.07) is 18.6. The number of amides is 1. The zero-order valence-electron chi connectivity index (χ0n) is 17.5. The summed E-state index contributed by atoms with van der Waals surface area (Å²) in [6.07, 6.45) is -0.312. The van der Waals surface area contributed by atoms with Gasteiger partial charge in [0.05, 0.1) is 32.0 Å². The van der Waals surface area contributed by atoms with Gasteiger partial charge in [0.25, 0.3) is 5.91 Å². The van der Waals surface area contributed by atoms with Gasteiger partial charge in [-0.2, -0.15) is 0 Å². The largest absolute Gasteiger partial charge is 0.379 e. The Balaban J connectivity index is 1.47. The lowest BCUT2D eigenvalue weighted by molar-refractivity contribution is -0.136. The number of fused-ring (bicyclic) bond motifs is 2. The maximum Gasteiger partial charge on any atom is 0.265 e. The molecule has 0 aromatic heterocycles. The molecular formula is C25H23BrN2O4. The number of Topliss-reactive ketones (excluding diaryl/α,β-unsaturated/α-hetero) is 1. The minimum atomic E-state index is -1.91. The van der Waals surface area contributed by atoms with Crippen LogP contribution in [-0.4, -0.2) is 54.7 Å². The van der Waals surface area contributed by atoms with Crippen LogP contribution in [0.1, 0.15) is 22.3 Å². The molecule has 0 saturated carbocycles. The van der Waals surface area contributed by atoms with Gasteiger partial charge in [0, 0.05) is 28.7 Å². The summed E-state index contributed by atoms with van der Waals surface area (Å²) >= 11 is 3.44. The zero-order valence-corrected chi connectivity index (χ0v) is 19.0. The number of morpholine rings is 1. The van der Waals surface area contributed by atoms with Crippen molar-refractivity contribution in [1.29, 1.82) is 0 Å². The van der Waals surface area contributed by atoms with Crippen LogP contribution in [0.3, 0.4) is 0 Å². The van der Waals surface area contributed by atoms with Crippen LogP contribution in [0.4, 0.5) is 5.69 Å². The molecule has 3 aromatic carbocycles. The quantitative estimate of drug-likeness (QED) is 0.547. The molecule has 0 bridgehead atoms. The van der Waals surface area contributed by atoms with Gasteiger partial charge >= 0.3 is 0 Å². The van der Waals surface area contributed by atoms with Gasteiger partial charge < -0.3 is 9.84 Å². The Morgan fingerprint density at radius 1 is 1.03 bits per heavy atom. The van der Waals surface area contributed by atoms with Gasteiger partial charge in [0.1, 0.15) is 0 Å². The van der Waals surface area contributed by atoms with Crippen LogP contribution in [0.5, 0.6) is 0 Å². The maximum absolute atomic E-state index is 13.5. The predicted molar refractivity (Wildman–Crippen MR) is 126 cm³/mol. The highest BCUT2D eigenvalue weighted by Crippen LogP contribution is 2.44. The fourth-order valence-corrected chi connectivity index (χ4v) is 4.83. The van der Waals surface area contributed by atoms with E-state index in [2.05, 4.69) is 20.8 Å². The second-order valence-electron chi connectivity index (χ2n) is 8.29. The number of nitrogens with zero attached hydrogens (tertiary/aromatic N) is 2. The lowest BCUT2D eigenvalue weighted by Crippen LogP contribution is -2.49. The minimum Gasteiger partial charge on any atom is -0.379 e. The fourth-order valence-electron chi connectivity index (χ4n) is 4.47. The molecule has 2 aliphatic rings. The third-order valence-corrected chi connectivity index (χ3v) is 6.72. The molecule has 1 N–H and O–H groups in total. The van der Waals surface area contributed by atoms with E-state index < -0.39 is 11.5 Å². The van der Waals surface area contributed by atoms with E-state index in [1.807, 2.05) is 48.5 Å². The molecule has 1 saturated heterocycles. The van der Waals surface area contributed by atoms with Crippen molar-refractivity contribution < 1.29 is 19.4 Å². The van der Waals surface area contributed by atoms with E-state index >= 15 is 0 Å². The van der Waals surface area contributed by atoms with Gasteiger partial charge in [-0.15, -0.1) is 0 Å². The van der Waals surface area contributed by atoms with Gasteiger partial charge in [0.15, 0.2) is 11.4 Å². The highest BCUT2D eigenvalue weighted by Gasteiger charge is 2.51. The number of benzene rings is 3. The molecule has 3 aromatic rings. The Kier molecular flexibility index (Phi) is 5.59. The third kappa shape index (κ3) is 3.75. The van der Waals surface area contributed by atoms with E-state index in [9.17, 15) is 14.7 Å². The number of carbonyl (C=O) groups excluding carboxylic acids is 2. The molecule has 0 unspecified atom stereocenters. The number of carbonyl (C=O) groups is 2. The molecule has 0 aliphatic carbocycles. The molecule has 2 heterocycles. The van der Waals surface area contributed by atoms with Crippen LogP contribution in [0.25, 0.3) is 10.8 Å². The lowest BCUT2D eigenvalue weighted by atomic mass is 9.88. The second kappa shape index (κ2) is 8.41. The van der Waals surface area contributed by atoms with Crippen LogP contribution in [0.15, 0.2) is 65.1 Å². The number of halogens is 1. The highest BCUT2D eigenvalue weighted by molar-refractivity contribution is 9.10. The SMILES string of the molecule is O=C(C[C@]1(O)C(=O)N(CN2CCOCC2)c2ccc(Br)cc21)c1ccc2ccccc2c1. The molecule has 7 heteroatoms. The summed E-state index contributed by atoms with van der Waals surface area (Å²) in [7, 11) is 0. The van der Waals surface area contributed by atoms with Crippen LogP contribution in [-0.2, 0) is 15.1 Å². The molecule has 32 heavy (non-hydrogen) atoms. The van der Waals surface area contributed by atoms with Gasteiger partial charge in [-0.25, -0.2) is 0 Å². The number of ether oxygens (including phenoxy) is 1. The number of ketones is 1. The van der Waals surface area contributed by atoms with E-state index in [4.69, 9.17) is 4.74 Å². The smallest absolute Gasteiger partial charge is 0.265 e. The van der Waals surface area contributed by atoms with E-state index in [-0.39, 0.29) is 12.2 Å². The monoisotopic (exact) mass is 494 g/mol. The first-order valence-corrected chi connectivity index (χ1v) is 11.4. The normalized spacial score (nSPS) is 21.2. The summed E-state index contributed by atoms with van der Waals surface area (Å²) in [5, 5.41) is 13.6. The van der Waals surface area contributed by atoms with Gasteiger partial charge in [0.2, 0.25) is 0 Å². The second-order valence-corrected chi connectivity index (χ2v) is 9.20. The lowest BCUT2D eigenvalue weighted by Gasteiger charge is -2.31. The summed E-state index contributed by atoms with van der Waals surface area (Å²) < 4.78 is 6.15. The predicted octanol–water partition coefficient (Wildman–Crippen LogP) is 3.70. The standard InChI is InChI=1S/C25H23BrN2O4/c26-20-7-8-22-21(14-20)25(31,24(30)28(22)16-27-9-11-32-12-10-27)15-23(29)19-6-5-17-3-1-2-4-18(17)13-19/h1-8,13-14,31H,9-12,15-16H2/t25-/m1/s1. The summed E-state index contributed by atoms with van der Waals surface area (Å²) in [4.78, 5) is 30.4. The Labute approximate surface area is 194 Å². The number of hydrogen-bond acceptors (Lipinski definition) is 5. The molecule has 2 aliphatic heterocycles. The van der Waals surface area contributed by atoms with Crippen molar-refractivity contribution in [2.75, 3.05) is 37.9 Å². The van der Waals surface area contributed by atoms with Crippen LogP contribution >= 0.6 is 15.9 Å². The number of anilines is 1. The van der Waals surface area contributed by atoms with Gasteiger partial charge in [-0.3, -0.25) is 19.4 Å². The first-order valence-electron chi connectivity index (χ1n) is 10.6. The van der Waals surface area contributed by atoms with Crippen molar-refractivity contribution in [3.05, 3.63) is 76.3 Å². The van der Waals surface area contributed by atoms with Crippen LogP contribution < -0.4 is 4.90 Å². The van der Waals surface area contributed by atoms with E-state index in [1.165, 1.54) is 0 Å².